The summed E-state index contributed by atoms with van der Waals surface area (Å²) in [6.07, 6.45) is 0. The van der Waals surface area contributed by atoms with E-state index < -0.39 is 0 Å². The minimum absolute atomic E-state index is 0.292. The fourth-order valence-electron chi connectivity index (χ4n) is 1.54. The van der Waals surface area contributed by atoms with E-state index in [-0.39, 0.29) is 0 Å². The molecule has 102 valence electrons. The molecule has 0 saturated carbocycles. The Morgan fingerprint density at radius 3 is 2.53 bits per heavy atom. The molecule has 6 nitrogen and oxygen atoms in total. The molecule has 0 aliphatic heterocycles. The van der Waals surface area contributed by atoms with E-state index in [4.69, 9.17) is 4.74 Å². The van der Waals surface area contributed by atoms with Crippen LogP contribution in [0.2, 0.25) is 0 Å². The molecule has 0 amide bonds. The number of methoxy groups -OCH3 is 1. The first-order valence-corrected chi connectivity index (χ1v) is 6.71. The van der Waals surface area contributed by atoms with Gasteiger partial charge in [-0.05, 0) is 25.5 Å². The van der Waals surface area contributed by atoms with Crippen molar-refractivity contribution in [1.82, 2.24) is 15.0 Å². The van der Waals surface area contributed by atoms with Gasteiger partial charge in [0.15, 0.2) is 0 Å². The maximum absolute atomic E-state index is 5.03. The molecule has 0 aromatic carbocycles. The van der Waals surface area contributed by atoms with E-state index in [2.05, 4.69) is 45.5 Å². The predicted molar refractivity (Wildman–Crippen MR) is 77.0 cm³/mol. The lowest BCUT2D eigenvalue weighted by Crippen LogP contribution is -2.07. The van der Waals surface area contributed by atoms with E-state index in [0.717, 1.165) is 0 Å². The Hall–Kier alpha value is -1.89. The SMILES string of the molecule is CNc1nc(NCc2cc(C)c(C)s2)nc(OC)n1. The maximum atomic E-state index is 5.03. The lowest BCUT2D eigenvalue weighted by molar-refractivity contribution is 0.379. The summed E-state index contributed by atoms with van der Waals surface area (Å²) in [5.41, 5.74) is 1.31. The van der Waals surface area contributed by atoms with Crippen LogP contribution in [0.15, 0.2) is 6.07 Å². The molecular formula is C12H17N5OS. The Morgan fingerprint density at radius 1 is 1.21 bits per heavy atom. The topological polar surface area (TPSA) is 72.0 Å². The van der Waals surface area contributed by atoms with E-state index in [9.17, 15) is 0 Å². The number of aryl methyl sites for hydroxylation is 2. The van der Waals surface area contributed by atoms with Gasteiger partial charge >= 0.3 is 6.01 Å². The summed E-state index contributed by atoms with van der Waals surface area (Å²) in [7, 11) is 3.29. The summed E-state index contributed by atoms with van der Waals surface area (Å²) < 4.78 is 5.03. The van der Waals surface area contributed by atoms with Crippen molar-refractivity contribution in [3.05, 3.63) is 21.4 Å². The Kier molecular flexibility index (Phi) is 4.16. The quantitative estimate of drug-likeness (QED) is 0.874. The van der Waals surface area contributed by atoms with Gasteiger partial charge in [-0.2, -0.15) is 15.0 Å². The highest BCUT2D eigenvalue weighted by Gasteiger charge is 2.06. The zero-order valence-corrected chi connectivity index (χ0v) is 12.3. The second kappa shape index (κ2) is 5.83. The molecule has 0 atom stereocenters. The van der Waals surface area contributed by atoms with E-state index in [1.54, 1.807) is 18.4 Å². The molecule has 0 radical (unpaired) electrons. The minimum atomic E-state index is 0.292. The van der Waals surface area contributed by atoms with Gasteiger partial charge in [0.1, 0.15) is 0 Å². The standard InChI is InChI=1S/C12H17N5OS/c1-7-5-9(19-8(7)2)6-14-11-15-10(13-3)16-12(17-11)18-4/h5H,6H2,1-4H3,(H2,13,14,15,16,17). The van der Waals surface area contributed by atoms with Crippen molar-refractivity contribution in [2.24, 2.45) is 0 Å². The lowest BCUT2D eigenvalue weighted by atomic mass is 10.3. The number of rotatable bonds is 5. The van der Waals surface area contributed by atoms with Crippen molar-refractivity contribution in [1.29, 1.82) is 0 Å². The van der Waals surface area contributed by atoms with Crippen molar-refractivity contribution in [2.75, 3.05) is 24.8 Å². The second-order valence-corrected chi connectivity index (χ2v) is 5.37. The first-order chi connectivity index (χ1) is 9.12. The highest BCUT2D eigenvalue weighted by molar-refractivity contribution is 7.12. The first kappa shape index (κ1) is 13.5. The number of anilines is 2. The lowest BCUT2D eigenvalue weighted by Gasteiger charge is -2.06. The van der Waals surface area contributed by atoms with E-state index in [1.807, 2.05) is 0 Å². The van der Waals surface area contributed by atoms with Crippen LogP contribution in [0.25, 0.3) is 0 Å². The number of hydrogen-bond donors (Lipinski definition) is 2. The number of nitrogens with zero attached hydrogens (tertiary/aromatic N) is 3. The van der Waals surface area contributed by atoms with Crippen LogP contribution in [0.5, 0.6) is 6.01 Å². The molecule has 0 bridgehead atoms. The Bertz CT molecular complexity index is 527. The van der Waals surface area contributed by atoms with Crippen LogP contribution in [0.3, 0.4) is 0 Å². The van der Waals surface area contributed by atoms with Gasteiger partial charge in [-0.1, -0.05) is 0 Å². The molecule has 0 aliphatic rings. The van der Waals surface area contributed by atoms with Crippen LogP contribution in [0, 0.1) is 13.8 Å². The van der Waals surface area contributed by atoms with Gasteiger partial charge in [0, 0.05) is 16.8 Å². The number of ether oxygens (including phenoxy) is 1. The molecule has 2 rings (SSSR count). The number of nitrogens with one attached hydrogen (secondary N) is 2. The monoisotopic (exact) mass is 279 g/mol. The van der Waals surface area contributed by atoms with E-state index in [1.165, 1.54) is 22.4 Å². The van der Waals surface area contributed by atoms with Crippen LogP contribution in [-0.2, 0) is 6.54 Å². The van der Waals surface area contributed by atoms with Gasteiger partial charge in [0.05, 0.1) is 13.7 Å². The molecule has 19 heavy (non-hydrogen) atoms. The first-order valence-electron chi connectivity index (χ1n) is 5.90. The number of thiophene rings is 1. The van der Waals surface area contributed by atoms with Crippen molar-refractivity contribution < 1.29 is 4.74 Å². The molecular weight excluding hydrogens is 262 g/mol. The Balaban J connectivity index is 2.10. The number of hydrogen-bond acceptors (Lipinski definition) is 7. The molecule has 7 heteroatoms. The van der Waals surface area contributed by atoms with Crippen LogP contribution in [0.4, 0.5) is 11.9 Å². The largest absolute Gasteiger partial charge is 0.467 e. The predicted octanol–water partition coefficient (Wildman–Crippen LogP) is 2.21. The molecule has 2 aromatic heterocycles. The van der Waals surface area contributed by atoms with Gasteiger partial charge in [-0.25, -0.2) is 0 Å². The zero-order valence-electron chi connectivity index (χ0n) is 11.4. The molecule has 0 fully saturated rings. The fourth-order valence-corrected chi connectivity index (χ4v) is 2.53. The summed E-state index contributed by atoms with van der Waals surface area (Å²) in [5.74, 6) is 0.979. The summed E-state index contributed by atoms with van der Waals surface area (Å²) in [5, 5.41) is 6.05. The number of aromatic nitrogens is 3. The summed E-state index contributed by atoms with van der Waals surface area (Å²) >= 11 is 1.77. The highest BCUT2D eigenvalue weighted by atomic mass is 32.1. The third-order valence-corrected chi connectivity index (χ3v) is 3.81. The van der Waals surface area contributed by atoms with Crippen LogP contribution in [-0.4, -0.2) is 29.1 Å². The highest BCUT2D eigenvalue weighted by Crippen LogP contribution is 2.21. The second-order valence-electron chi connectivity index (χ2n) is 4.02. The Morgan fingerprint density at radius 2 is 1.95 bits per heavy atom. The summed E-state index contributed by atoms with van der Waals surface area (Å²) in [6.45, 7) is 4.92. The fraction of sp³-hybridized carbons (Fsp3) is 0.417. The minimum Gasteiger partial charge on any atom is -0.467 e. The Labute approximate surface area is 116 Å². The molecule has 2 aromatic rings. The molecule has 0 saturated heterocycles. The molecule has 2 N–H and O–H groups in total. The van der Waals surface area contributed by atoms with E-state index >= 15 is 0 Å². The third-order valence-electron chi connectivity index (χ3n) is 2.66. The van der Waals surface area contributed by atoms with Crippen molar-refractivity contribution in [3.63, 3.8) is 0 Å². The van der Waals surface area contributed by atoms with Gasteiger partial charge in [-0.3, -0.25) is 0 Å². The summed E-state index contributed by atoms with van der Waals surface area (Å²) in [4.78, 5) is 15.0. The van der Waals surface area contributed by atoms with Crippen molar-refractivity contribution >= 4 is 23.2 Å². The van der Waals surface area contributed by atoms with Gasteiger partial charge < -0.3 is 15.4 Å². The van der Waals surface area contributed by atoms with Crippen LogP contribution < -0.4 is 15.4 Å². The van der Waals surface area contributed by atoms with Crippen LogP contribution >= 0.6 is 11.3 Å². The molecule has 2 heterocycles. The van der Waals surface area contributed by atoms with Crippen molar-refractivity contribution in [3.8, 4) is 6.01 Å². The normalized spacial score (nSPS) is 10.3. The van der Waals surface area contributed by atoms with Gasteiger partial charge in [0.25, 0.3) is 0 Å². The molecule has 0 unspecified atom stereocenters. The van der Waals surface area contributed by atoms with Crippen molar-refractivity contribution in [2.45, 2.75) is 20.4 Å². The van der Waals surface area contributed by atoms with Gasteiger partial charge in [-0.15, -0.1) is 11.3 Å². The average molecular weight is 279 g/mol. The smallest absolute Gasteiger partial charge is 0.322 e. The van der Waals surface area contributed by atoms with E-state index in [0.29, 0.717) is 24.5 Å². The summed E-state index contributed by atoms with van der Waals surface area (Å²) in [6, 6.07) is 2.46. The van der Waals surface area contributed by atoms with Gasteiger partial charge in [0.2, 0.25) is 11.9 Å². The van der Waals surface area contributed by atoms with Crippen LogP contribution in [0.1, 0.15) is 15.3 Å². The average Bonchev–Trinajstić information content (AvgIpc) is 2.75. The molecule has 0 aliphatic carbocycles. The zero-order chi connectivity index (χ0) is 13.8. The third kappa shape index (κ3) is 3.31. The maximum Gasteiger partial charge on any atom is 0.322 e. The molecule has 0 spiro atoms.